The molecule has 49 heavy (non-hydrogen) atoms. The fraction of sp³-hybridized carbons (Fsp3) is 0.562. The number of piperazine rings is 2. The number of hydrogen-bond donors (Lipinski definition) is 2. The molecular formula is C32H47Br2N9O6. The number of imide groups is 1. The van der Waals surface area contributed by atoms with E-state index in [1.165, 1.54) is 0 Å². The summed E-state index contributed by atoms with van der Waals surface area (Å²) in [6.45, 7) is 16.6. The molecule has 0 unspecified atom stereocenters. The molecule has 2 aromatic rings. The minimum atomic E-state index is -0.462. The quantitative estimate of drug-likeness (QED) is 0.317. The van der Waals surface area contributed by atoms with Crippen LogP contribution in [0, 0.1) is 0 Å². The molecule has 0 aromatic carbocycles. The fourth-order valence-electron chi connectivity index (χ4n) is 4.68. The highest BCUT2D eigenvalue weighted by molar-refractivity contribution is 9.10. The van der Waals surface area contributed by atoms with Crippen molar-refractivity contribution in [3.05, 3.63) is 34.8 Å². The summed E-state index contributed by atoms with van der Waals surface area (Å²) in [5.41, 5.74) is 10.6. The number of rotatable bonds is 2. The Labute approximate surface area is 304 Å². The van der Waals surface area contributed by atoms with Crippen LogP contribution in [0.25, 0.3) is 0 Å². The summed E-state index contributed by atoms with van der Waals surface area (Å²) in [4.78, 5) is 61.2. The molecule has 0 radical (unpaired) electrons. The molecule has 0 aliphatic carbocycles. The molecule has 15 nitrogen and oxygen atoms in total. The highest BCUT2D eigenvalue weighted by Crippen LogP contribution is 2.23. The zero-order valence-corrected chi connectivity index (χ0v) is 32.1. The van der Waals surface area contributed by atoms with E-state index in [9.17, 15) is 19.2 Å². The van der Waals surface area contributed by atoms with Crippen molar-refractivity contribution in [2.75, 3.05) is 73.6 Å². The maximum Gasteiger partial charge on any atom is 0.410 e. The first-order chi connectivity index (χ1) is 22.8. The summed E-state index contributed by atoms with van der Waals surface area (Å²) < 4.78 is 12.5. The van der Waals surface area contributed by atoms with Crippen LogP contribution in [0.4, 0.5) is 32.9 Å². The van der Waals surface area contributed by atoms with Crippen molar-refractivity contribution in [1.29, 1.82) is 0 Å². The van der Waals surface area contributed by atoms with Crippen LogP contribution in [0.5, 0.6) is 0 Å². The number of pyridine rings is 2. The summed E-state index contributed by atoms with van der Waals surface area (Å²) in [5, 5.41) is 0. The molecule has 3 saturated heterocycles. The Kier molecular flexibility index (Phi) is 13.9. The van der Waals surface area contributed by atoms with E-state index < -0.39 is 11.2 Å². The summed E-state index contributed by atoms with van der Waals surface area (Å²) in [5.74, 6) is 2.39. The van der Waals surface area contributed by atoms with Gasteiger partial charge in [0.15, 0.2) is 0 Å². The molecule has 0 bridgehead atoms. The van der Waals surface area contributed by atoms with E-state index in [0.29, 0.717) is 63.7 Å². The molecule has 17 heteroatoms. The highest BCUT2D eigenvalue weighted by Gasteiger charge is 2.28. The van der Waals surface area contributed by atoms with Crippen LogP contribution in [0.2, 0.25) is 0 Å². The molecule has 3 fully saturated rings. The first-order valence-electron chi connectivity index (χ1n) is 15.9. The van der Waals surface area contributed by atoms with Gasteiger partial charge in [0.2, 0.25) is 11.8 Å². The van der Waals surface area contributed by atoms with Crippen LogP contribution >= 0.6 is 32.1 Å². The van der Waals surface area contributed by atoms with Gasteiger partial charge in [-0.05, 0) is 81.7 Å². The van der Waals surface area contributed by atoms with Gasteiger partial charge in [-0.25, -0.2) is 23.5 Å². The van der Waals surface area contributed by atoms with Gasteiger partial charge in [0.25, 0.3) is 0 Å². The van der Waals surface area contributed by atoms with Crippen molar-refractivity contribution in [3.63, 3.8) is 0 Å². The molecule has 0 spiro atoms. The van der Waals surface area contributed by atoms with Gasteiger partial charge in [0.1, 0.15) is 34.5 Å². The number of aromatic nitrogens is 2. The number of halogens is 2. The fourth-order valence-corrected chi connectivity index (χ4v) is 5.25. The molecular weight excluding hydrogens is 766 g/mol. The van der Waals surface area contributed by atoms with E-state index in [1.807, 2.05) is 65.8 Å². The van der Waals surface area contributed by atoms with Gasteiger partial charge in [0.05, 0.1) is 20.6 Å². The maximum atomic E-state index is 12.0. The van der Waals surface area contributed by atoms with Gasteiger partial charge < -0.3 is 40.5 Å². The topological polar surface area (TPSA) is 181 Å². The molecule has 3 aliphatic rings. The molecule has 5 heterocycles. The number of carbonyl (C=O) groups is 4. The lowest BCUT2D eigenvalue weighted by Crippen LogP contribution is -2.50. The number of hydrogen-bond acceptors (Lipinski definition) is 12. The van der Waals surface area contributed by atoms with E-state index in [2.05, 4.69) is 51.8 Å². The Bertz CT molecular complexity index is 1450. The first-order valence-corrected chi connectivity index (χ1v) is 17.4. The van der Waals surface area contributed by atoms with E-state index in [4.69, 9.17) is 20.9 Å². The van der Waals surface area contributed by atoms with E-state index in [-0.39, 0.29) is 24.0 Å². The minimum Gasteiger partial charge on any atom is -0.444 e. The van der Waals surface area contributed by atoms with Gasteiger partial charge in [-0.15, -0.1) is 0 Å². The Morgan fingerprint density at radius 1 is 0.694 bits per heavy atom. The largest absolute Gasteiger partial charge is 0.444 e. The first kappa shape index (κ1) is 39.6. The summed E-state index contributed by atoms with van der Waals surface area (Å²) >= 11 is 6.14. The van der Waals surface area contributed by atoms with Gasteiger partial charge >= 0.3 is 12.2 Å². The molecule has 2 aromatic heterocycles. The number of nitrogen functional groups attached to an aromatic ring is 2. The average molecular weight is 814 g/mol. The third kappa shape index (κ3) is 12.8. The van der Waals surface area contributed by atoms with Gasteiger partial charge in [-0.3, -0.25) is 9.59 Å². The van der Waals surface area contributed by atoms with Crippen molar-refractivity contribution < 1.29 is 28.7 Å². The van der Waals surface area contributed by atoms with Crippen LogP contribution in [0.3, 0.4) is 0 Å². The normalized spacial score (nSPS) is 16.8. The van der Waals surface area contributed by atoms with Crippen molar-refractivity contribution in [2.45, 2.75) is 65.6 Å². The Morgan fingerprint density at radius 3 is 1.47 bits per heavy atom. The predicted octanol–water partition coefficient (Wildman–Crippen LogP) is 4.65. The Hall–Kier alpha value is -3.86. The van der Waals surface area contributed by atoms with Crippen LogP contribution in [-0.4, -0.2) is 111 Å². The van der Waals surface area contributed by atoms with E-state index >= 15 is 0 Å². The van der Waals surface area contributed by atoms with Crippen molar-refractivity contribution >= 4 is 79.3 Å². The number of nitrogens with two attached hydrogens (primary N) is 2. The smallest absolute Gasteiger partial charge is 0.410 e. The SMILES string of the molecule is CC(C)(C)OC(=O)N1CCN(c2ccc(Br)c(N)n2)CC1.CC(C)(C)OC(=O)N1CCN(c2cccc(N)n2)CC1.O=C1CCC(=O)N1Br. The zero-order chi connectivity index (χ0) is 36.5. The summed E-state index contributed by atoms with van der Waals surface area (Å²) in [7, 11) is 0. The number of anilines is 4. The van der Waals surface area contributed by atoms with E-state index in [0.717, 1.165) is 33.1 Å². The molecule has 0 atom stereocenters. The number of nitrogens with zero attached hydrogens (tertiary/aromatic N) is 7. The second-order valence-electron chi connectivity index (χ2n) is 13.4. The highest BCUT2D eigenvalue weighted by atomic mass is 79.9. The lowest BCUT2D eigenvalue weighted by molar-refractivity contribution is -0.131. The van der Waals surface area contributed by atoms with Crippen molar-refractivity contribution in [3.8, 4) is 0 Å². The summed E-state index contributed by atoms with van der Waals surface area (Å²) in [6.07, 6.45) is 0.192. The minimum absolute atomic E-state index is 0.144. The van der Waals surface area contributed by atoms with Gasteiger partial charge in [0, 0.05) is 65.2 Å². The second-order valence-corrected chi connectivity index (χ2v) is 15.0. The third-order valence-electron chi connectivity index (χ3n) is 7.12. The molecule has 4 N–H and O–H groups in total. The van der Waals surface area contributed by atoms with Crippen LogP contribution in [-0.2, 0) is 19.1 Å². The number of ether oxygens (including phenoxy) is 2. The van der Waals surface area contributed by atoms with Crippen LogP contribution in [0.15, 0.2) is 34.8 Å². The number of carbonyl (C=O) groups excluding carboxylic acids is 4. The van der Waals surface area contributed by atoms with Crippen LogP contribution in [0.1, 0.15) is 54.4 Å². The Balaban J connectivity index is 0.000000217. The van der Waals surface area contributed by atoms with Gasteiger partial charge in [-0.2, -0.15) is 0 Å². The maximum absolute atomic E-state index is 12.0. The lowest BCUT2D eigenvalue weighted by atomic mass is 10.2. The number of amides is 4. The molecule has 5 rings (SSSR count). The van der Waals surface area contributed by atoms with Crippen molar-refractivity contribution in [1.82, 2.24) is 23.7 Å². The third-order valence-corrected chi connectivity index (χ3v) is 8.58. The lowest BCUT2D eigenvalue weighted by Gasteiger charge is -2.36. The molecule has 4 amide bonds. The van der Waals surface area contributed by atoms with Crippen LogP contribution < -0.4 is 21.3 Å². The van der Waals surface area contributed by atoms with Gasteiger partial charge in [-0.1, -0.05) is 6.07 Å². The second kappa shape index (κ2) is 17.2. The zero-order valence-electron chi connectivity index (χ0n) is 28.9. The van der Waals surface area contributed by atoms with E-state index in [1.54, 1.807) is 15.9 Å². The Morgan fingerprint density at radius 2 is 1.12 bits per heavy atom. The molecule has 0 saturated carbocycles. The monoisotopic (exact) mass is 811 g/mol. The predicted molar refractivity (Wildman–Crippen MR) is 195 cm³/mol. The molecule has 3 aliphatic heterocycles. The standard InChI is InChI=1S/C14H21BrN4O2.C14H22N4O2.C4H4BrNO2/c1-14(2,3)21-13(20)19-8-6-18(7-9-19)11-5-4-10(15)12(16)17-11;1-14(2,3)20-13(19)18-9-7-17(8-10-18)12-6-4-5-11(15)16-12;5-6-3(7)1-2-4(6)8/h4-5H,6-9H2,1-3H3,(H2,16,17);4-6H,7-10H2,1-3H3,(H2,15,16);1-2H2. The average Bonchev–Trinajstić information content (AvgIpc) is 3.32. The van der Waals surface area contributed by atoms with Crippen molar-refractivity contribution in [2.24, 2.45) is 0 Å². The molecule has 270 valence electrons. The summed E-state index contributed by atoms with van der Waals surface area (Å²) in [6, 6.07) is 9.39.